The Labute approximate surface area is 124 Å². The molecule has 0 aliphatic heterocycles. The normalized spacial score (nSPS) is 11.2. The van der Waals surface area contributed by atoms with Crippen LogP contribution in [-0.2, 0) is 10.0 Å². The van der Waals surface area contributed by atoms with Crippen LogP contribution in [0.3, 0.4) is 0 Å². The topological polar surface area (TPSA) is 86.6 Å². The predicted molar refractivity (Wildman–Crippen MR) is 84.9 cm³/mol. The number of rotatable bonds is 4. The van der Waals surface area contributed by atoms with E-state index >= 15 is 0 Å². The molecule has 0 saturated heterocycles. The number of aryl methyl sites for hydroxylation is 1. The van der Waals surface area contributed by atoms with Crippen LogP contribution in [0.15, 0.2) is 42.5 Å². The van der Waals surface area contributed by atoms with E-state index in [0.29, 0.717) is 11.2 Å². The maximum Gasteiger partial charge on any atom is 0.488 e. The zero-order valence-electron chi connectivity index (χ0n) is 11.7. The molecule has 2 aromatic rings. The van der Waals surface area contributed by atoms with Gasteiger partial charge < -0.3 is 10.0 Å². The predicted octanol–water partition coefficient (Wildman–Crippen LogP) is 0.713. The van der Waals surface area contributed by atoms with Gasteiger partial charge in [-0.05, 0) is 41.2 Å². The molecular weight excluding hydrogens is 289 g/mol. The third kappa shape index (κ3) is 4.07. The number of sulfonamides is 1. The first-order valence-electron chi connectivity index (χ1n) is 6.31. The Morgan fingerprint density at radius 3 is 2.19 bits per heavy atom. The highest BCUT2D eigenvalue weighted by Gasteiger charge is 2.13. The molecule has 0 aromatic heterocycles. The lowest BCUT2D eigenvalue weighted by Crippen LogP contribution is -2.29. The first-order chi connectivity index (χ1) is 9.76. The average molecular weight is 305 g/mol. The summed E-state index contributed by atoms with van der Waals surface area (Å²) in [6.45, 7) is 1.92. The van der Waals surface area contributed by atoms with E-state index in [1.807, 2.05) is 13.0 Å². The van der Waals surface area contributed by atoms with Gasteiger partial charge in [0.2, 0.25) is 10.0 Å². The largest absolute Gasteiger partial charge is 0.488 e. The molecule has 21 heavy (non-hydrogen) atoms. The summed E-state index contributed by atoms with van der Waals surface area (Å²) in [5.74, 6) is 0. The van der Waals surface area contributed by atoms with Crippen molar-refractivity contribution in [2.24, 2.45) is 0 Å². The Hall–Kier alpha value is -1.83. The highest BCUT2D eigenvalue weighted by molar-refractivity contribution is 7.92. The van der Waals surface area contributed by atoms with Crippen molar-refractivity contribution in [2.45, 2.75) is 6.92 Å². The molecule has 5 nitrogen and oxygen atoms in total. The number of hydrogen-bond acceptors (Lipinski definition) is 4. The second-order valence-electron chi connectivity index (χ2n) is 4.90. The van der Waals surface area contributed by atoms with Crippen LogP contribution in [0.25, 0.3) is 11.1 Å². The van der Waals surface area contributed by atoms with E-state index in [4.69, 9.17) is 0 Å². The van der Waals surface area contributed by atoms with Gasteiger partial charge in [-0.1, -0.05) is 30.3 Å². The van der Waals surface area contributed by atoms with Crippen LogP contribution in [0.1, 0.15) is 5.56 Å². The van der Waals surface area contributed by atoms with Crippen molar-refractivity contribution in [1.82, 2.24) is 0 Å². The van der Waals surface area contributed by atoms with E-state index in [9.17, 15) is 18.5 Å². The molecule has 0 aliphatic rings. The molecule has 0 heterocycles. The van der Waals surface area contributed by atoms with Gasteiger partial charge in [-0.3, -0.25) is 4.72 Å². The molecule has 2 aromatic carbocycles. The molecule has 0 radical (unpaired) electrons. The Morgan fingerprint density at radius 1 is 1.05 bits per heavy atom. The molecule has 0 amide bonds. The maximum atomic E-state index is 11.2. The highest BCUT2D eigenvalue weighted by Crippen LogP contribution is 2.24. The monoisotopic (exact) mass is 305 g/mol. The lowest BCUT2D eigenvalue weighted by molar-refractivity contribution is 0.426. The van der Waals surface area contributed by atoms with Gasteiger partial charge in [-0.2, -0.15) is 0 Å². The van der Waals surface area contributed by atoms with Gasteiger partial charge in [0.05, 0.1) is 6.26 Å². The van der Waals surface area contributed by atoms with E-state index in [-0.39, 0.29) is 0 Å². The highest BCUT2D eigenvalue weighted by atomic mass is 32.2. The van der Waals surface area contributed by atoms with Crippen LogP contribution < -0.4 is 10.2 Å². The third-order valence-electron chi connectivity index (χ3n) is 3.06. The van der Waals surface area contributed by atoms with Crippen molar-refractivity contribution < 1.29 is 18.5 Å². The summed E-state index contributed by atoms with van der Waals surface area (Å²) in [4.78, 5) is 0. The van der Waals surface area contributed by atoms with Crippen molar-refractivity contribution in [2.75, 3.05) is 11.0 Å². The summed E-state index contributed by atoms with van der Waals surface area (Å²) in [6, 6.07) is 12.1. The van der Waals surface area contributed by atoms with Gasteiger partial charge in [0.1, 0.15) is 0 Å². The van der Waals surface area contributed by atoms with E-state index in [0.717, 1.165) is 22.9 Å². The van der Waals surface area contributed by atoms with Crippen LogP contribution >= 0.6 is 0 Å². The van der Waals surface area contributed by atoms with Gasteiger partial charge in [0.25, 0.3) is 0 Å². The second kappa shape index (κ2) is 5.89. The Morgan fingerprint density at radius 2 is 1.67 bits per heavy atom. The van der Waals surface area contributed by atoms with Crippen LogP contribution in [0, 0.1) is 6.92 Å². The van der Waals surface area contributed by atoms with Crippen molar-refractivity contribution in [3.05, 3.63) is 48.0 Å². The summed E-state index contributed by atoms with van der Waals surface area (Å²) in [6.07, 6.45) is 1.09. The summed E-state index contributed by atoms with van der Waals surface area (Å²) < 4.78 is 24.7. The van der Waals surface area contributed by atoms with Gasteiger partial charge >= 0.3 is 7.12 Å². The molecule has 0 aliphatic carbocycles. The van der Waals surface area contributed by atoms with E-state index in [1.54, 1.807) is 36.4 Å². The molecule has 3 N–H and O–H groups in total. The van der Waals surface area contributed by atoms with Gasteiger partial charge in [0.15, 0.2) is 0 Å². The minimum Gasteiger partial charge on any atom is -0.423 e. The van der Waals surface area contributed by atoms with Gasteiger partial charge in [0, 0.05) is 5.69 Å². The minimum atomic E-state index is -3.30. The summed E-state index contributed by atoms with van der Waals surface area (Å²) in [7, 11) is -4.81. The fourth-order valence-corrected chi connectivity index (χ4v) is 2.61. The second-order valence-corrected chi connectivity index (χ2v) is 6.65. The Bertz CT molecular complexity index is 742. The van der Waals surface area contributed by atoms with Crippen LogP contribution in [-0.4, -0.2) is 31.8 Å². The third-order valence-corrected chi connectivity index (χ3v) is 3.67. The molecule has 0 unspecified atom stereocenters. The van der Waals surface area contributed by atoms with Crippen molar-refractivity contribution in [3.63, 3.8) is 0 Å². The molecule has 0 saturated carbocycles. The first kappa shape index (κ1) is 15.6. The smallest absolute Gasteiger partial charge is 0.423 e. The average Bonchev–Trinajstić information content (AvgIpc) is 2.38. The Balaban J connectivity index is 2.36. The molecular formula is C14H16BNO4S. The maximum absolute atomic E-state index is 11.2. The fourth-order valence-electron chi connectivity index (χ4n) is 2.04. The zero-order chi connectivity index (χ0) is 15.6. The first-order valence-corrected chi connectivity index (χ1v) is 8.20. The number of anilines is 1. The lowest BCUT2D eigenvalue weighted by Gasteiger charge is -2.10. The lowest BCUT2D eigenvalue weighted by atomic mass is 9.78. The van der Waals surface area contributed by atoms with Crippen LogP contribution in [0.4, 0.5) is 5.69 Å². The quantitative estimate of drug-likeness (QED) is 0.726. The summed E-state index contributed by atoms with van der Waals surface area (Å²) in [5.41, 5.74) is 3.62. The summed E-state index contributed by atoms with van der Waals surface area (Å²) in [5, 5.41) is 18.5. The standard InChI is InChI=1S/C14H16BNO4S/c1-10-3-6-12(15(17)18)9-14(10)11-4-7-13(8-5-11)16-21(2,19)20/h3-9,16-18H,1-2H3. The van der Waals surface area contributed by atoms with Gasteiger partial charge in [-0.25, -0.2) is 8.42 Å². The van der Waals surface area contributed by atoms with Crippen LogP contribution in [0.5, 0.6) is 0 Å². The van der Waals surface area contributed by atoms with Gasteiger partial charge in [-0.15, -0.1) is 0 Å². The Kier molecular flexibility index (Phi) is 4.36. The number of benzene rings is 2. The van der Waals surface area contributed by atoms with Crippen LogP contribution in [0.2, 0.25) is 0 Å². The zero-order valence-corrected chi connectivity index (χ0v) is 12.6. The molecule has 0 atom stereocenters. The van der Waals surface area contributed by atoms with Crippen molar-refractivity contribution in [3.8, 4) is 11.1 Å². The fraction of sp³-hybridized carbons (Fsp3) is 0.143. The van der Waals surface area contributed by atoms with E-state index in [1.165, 1.54) is 0 Å². The molecule has 0 bridgehead atoms. The van der Waals surface area contributed by atoms with Crippen molar-refractivity contribution >= 4 is 28.3 Å². The number of nitrogens with one attached hydrogen (secondary N) is 1. The van der Waals surface area contributed by atoms with E-state index in [2.05, 4.69) is 4.72 Å². The summed E-state index contributed by atoms with van der Waals surface area (Å²) >= 11 is 0. The van der Waals surface area contributed by atoms with Crippen molar-refractivity contribution in [1.29, 1.82) is 0 Å². The number of hydrogen-bond donors (Lipinski definition) is 3. The molecule has 0 spiro atoms. The molecule has 110 valence electrons. The van der Waals surface area contributed by atoms with E-state index < -0.39 is 17.1 Å². The molecule has 2 rings (SSSR count). The molecule has 0 fully saturated rings. The SMILES string of the molecule is Cc1ccc(B(O)O)cc1-c1ccc(NS(C)(=O)=O)cc1. The molecule has 7 heteroatoms. The minimum absolute atomic E-state index is 0.411.